The lowest BCUT2D eigenvalue weighted by molar-refractivity contribution is 0.215. The Morgan fingerprint density at radius 3 is 2.96 bits per heavy atom. The summed E-state index contributed by atoms with van der Waals surface area (Å²) in [6.07, 6.45) is 6.16. The van der Waals surface area contributed by atoms with Gasteiger partial charge in [-0.05, 0) is 73.3 Å². The fourth-order valence-corrected chi connectivity index (χ4v) is 4.67. The van der Waals surface area contributed by atoms with E-state index in [-0.39, 0.29) is 0 Å². The van der Waals surface area contributed by atoms with Crippen LogP contribution in [-0.4, -0.2) is 40.9 Å². The van der Waals surface area contributed by atoms with E-state index in [2.05, 4.69) is 62.0 Å². The molecule has 4 nitrogen and oxygen atoms in total. The molecule has 25 heavy (non-hydrogen) atoms. The molecule has 2 aliphatic rings. The minimum atomic E-state index is 0.561. The number of likely N-dealkylation sites (N-methyl/N-ethyl adjacent to an activating group) is 1. The van der Waals surface area contributed by atoms with Gasteiger partial charge in [0, 0.05) is 29.0 Å². The largest absolute Gasteiger partial charge is 0.370 e. The quantitative estimate of drug-likeness (QED) is 0.814. The van der Waals surface area contributed by atoms with E-state index in [1.807, 2.05) is 0 Å². The van der Waals surface area contributed by atoms with Crippen molar-refractivity contribution in [1.29, 1.82) is 0 Å². The third kappa shape index (κ3) is 3.36. The number of halogens is 1. The third-order valence-electron chi connectivity index (χ3n) is 5.58. The van der Waals surface area contributed by atoms with Crippen LogP contribution in [0.3, 0.4) is 0 Å². The zero-order chi connectivity index (χ0) is 17.2. The lowest BCUT2D eigenvalue weighted by atomic mass is 9.91. The first-order valence-corrected chi connectivity index (χ1v) is 10.4. The van der Waals surface area contributed by atoms with Gasteiger partial charge in [0.05, 0.1) is 11.4 Å². The molecule has 1 aromatic carbocycles. The van der Waals surface area contributed by atoms with Gasteiger partial charge in [-0.1, -0.05) is 19.1 Å². The molecule has 0 amide bonds. The monoisotopic (exact) mass is 402 g/mol. The van der Waals surface area contributed by atoms with Crippen molar-refractivity contribution in [3.05, 3.63) is 40.0 Å². The van der Waals surface area contributed by atoms with E-state index in [4.69, 9.17) is 5.10 Å². The molecular weight excluding hydrogens is 376 g/mol. The molecule has 0 spiro atoms. The topological polar surface area (TPSA) is 33.1 Å². The molecule has 2 aromatic rings. The van der Waals surface area contributed by atoms with Gasteiger partial charge in [0.25, 0.3) is 0 Å². The third-order valence-corrected chi connectivity index (χ3v) is 6.25. The van der Waals surface area contributed by atoms with Gasteiger partial charge in [0.2, 0.25) is 0 Å². The van der Waals surface area contributed by atoms with Crippen LogP contribution >= 0.6 is 15.9 Å². The molecule has 0 saturated carbocycles. The first kappa shape index (κ1) is 17.1. The highest BCUT2D eigenvalue weighted by Crippen LogP contribution is 2.36. The lowest BCUT2D eigenvalue weighted by Gasteiger charge is -2.31. The van der Waals surface area contributed by atoms with E-state index in [0.717, 1.165) is 36.2 Å². The molecule has 1 unspecified atom stereocenters. The standard InChI is InChI=1S/C20H27BrN4/c1-2-24-13-7-8-15(14-24)19-16-9-5-6-12-22-20(16)25(23-19)18-11-4-3-10-17(18)21/h3-4,10-11,15,22H,2,5-9,12-14H2,1H3. The van der Waals surface area contributed by atoms with Gasteiger partial charge in [-0.15, -0.1) is 0 Å². The number of fused-ring (bicyclic) bond motifs is 1. The van der Waals surface area contributed by atoms with E-state index < -0.39 is 0 Å². The van der Waals surface area contributed by atoms with Crippen molar-refractivity contribution in [3.63, 3.8) is 0 Å². The Morgan fingerprint density at radius 1 is 1.24 bits per heavy atom. The summed E-state index contributed by atoms with van der Waals surface area (Å²) in [5.41, 5.74) is 3.91. The van der Waals surface area contributed by atoms with E-state index in [0.29, 0.717) is 5.92 Å². The molecular formula is C20H27BrN4. The number of nitrogens with one attached hydrogen (secondary N) is 1. The first-order chi connectivity index (χ1) is 12.3. The zero-order valence-corrected chi connectivity index (χ0v) is 16.6. The Hall–Kier alpha value is -1.33. The highest BCUT2D eigenvalue weighted by molar-refractivity contribution is 9.10. The fraction of sp³-hybridized carbons (Fsp3) is 0.550. The van der Waals surface area contributed by atoms with Crippen molar-refractivity contribution >= 4 is 21.7 Å². The Labute approximate surface area is 158 Å². The summed E-state index contributed by atoms with van der Waals surface area (Å²) in [5.74, 6) is 1.78. The van der Waals surface area contributed by atoms with Crippen LogP contribution in [0, 0.1) is 0 Å². The molecule has 1 aromatic heterocycles. The SMILES string of the molecule is CCN1CCCC(c2nn(-c3ccccc3Br)c3c2CCCCN3)C1. The Morgan fingerprint density at radius 2 is 2.12 bits per heavy atom. The van der Waals surface area contributed by atoms with Crippen LogP contribution in [0.1, 0.15) is 49.8 Å². The molecule has 134 valence electrons. The maximum atomic E-state index is 5.15. The molecule has 0 aliphatic carbocycles. The minimum absolute atomic E-state index is 0.561. The summed E-state index contributed by atoms with van der Waals surface area (Å²) in [5, 5.41) is 8.82. The minimum Gasteiger partial charge on any atom is -0.370 e. The summed E-state index contributed by atoms with van der Waals surface area (Å²) < 4.78 is 3.24. The van der Waals surface area contributed by atoms with Gasteiger partial charge in [-0.3, -0.25) is 0 Å². The van der Waals surface area contributed by atoms with E-state index >= 15 is 0 Å². The maximum Gasteiger partial charge on any atom is 0.133 e. The predicted molar refractivity (Wildman–Crippen MR) is 107 cm³/mol. The molecule has 4 rings (SSSR count). The van der Waals surface area contributed by atoms with Crippen molar-refractivity contribution in [1.82, 2.24) is 14.7 Å². The number of nitrogens with zero attached hydrogens (tertiary/aromatic N) is 3. The first-order valence-electron chi connectivity index (χ1n) is 9.61. The number of para-hydroxylation sites is 1. The van der Waals surface area contributed by atoms with Gasteiger partial charge in [-0.25, -0.2) is 4.68 Å². The normalized spacial score (nSPS) is 21.4. The number of benzene rings is 1. The van der Waals surface area contributed by atoms with Gasteiger partial charge >= 0.3 is 0 Å². The molecule has 5 heteroatoms. The Bertz CT molecular complexity index is 739. The molecule has 1 N–H and O–H groups in total. The lowest BCUT2D eigenvalue weighted by Crippen LogP contribution is -2.34. The number of hydrogen-bond acceptors (Lipinski definition) is 3. The Balaban J connectivity index is 1.78. The van der Waals surface area contributed by atoms with Gasteiger partial charge < -0.3 is 10.2 Å². The number of anilines is 1. The van der Waals surface area contributed by atoms with E-state index in [1.54, 1.807) is 0 Å². The van der Waals surface area contributed by atoms with Crippen molar-refractivity contribution in [2.24, 2.45) is 0 Å². The zero-order valence-electron chi connectivity index (χ0n) is 15.0. The van der Waals surface area contributed by atoms with Gasteiger partial charge in [-0.2, -0.15) is 5.10 Å². The van der Waals surface area contributed by atoms with Crippen LogP contribution in [0.25, 0.3) is 5.69 Å². The average molecular weight is 403 g/mol. The number of likely N-dealkylation sites (tertiary alicyclic amines) is 1. The highest BCUT2D eigenvalue weighted by atomic mass is 79.9. The molecule has 1 saturated heterocycles. The molecule has 3 heterocycles. The van der Waals surface area contributed by atoms with Crippen LogP contribution in [0.4, 0.5) is 5.82 Å². The van der Waals surface area contributed by atoms with Crippen LogP contribution in [-0.2, 0) is 6.42 Å². The second-order valence-electron chi connectivity index (χ2n) is 7.19. The summed E-state index contributed by atoms with van der Waals surface area (Å²) in [7, 11) is 0. The average Bonchev–Trinajstić information content (AvgIpc) is 2.83. The van der Waals surface area contributed by atoms with Crippen molar-refractivity contribution in [3.8, 4) is 5.69 Å². The molecule has 2 aliphatic heterocycles. The smallest absolute Gasteiger partial charge is 0.133 e. The second kappa shape index (κ2) is 7.50. The van der Waals surface area contributed by atoms with Crippen molar-refractivity contribution in [2.45, 2.75) is 44.9 Å². The molecule has 0 bridgehead atoms. The fourth-order valence-electron chi connectivity index (χ4n) is 4.22. The summed E-state index contributed by atoms with van der Waals surface area (Å²) in [6.45, 7) is 6.83. The van der Waals surface area contributed by atoms with E-state index in [1.165, 1.54) is 49.3 Å². The predicted octanol–water partition coefficient (Wildman–Crippen LogP) is 4.58. The van der Waals surface area contributed by atoms with Gasteiger partial charge in [0.1, 0.15) is 5.82 Å². The molecule has 0 radical (unpaired) electrons. The number of piperidine rings is 1. The molecule has 1 atom stereocenters. The van der Waals surface area contributed by atoms with Crippen LogP contribution in [0.15, 0.2) is 28.7 Å². The molecule has 1 fully saturated rings. The summed E-state index contributed by atoms with van der Waals surface area (Å²) in [4.78, 5) is 2.57. The Kier molecular flexibility index (Phi) is 5.13. The van der Waals surface area contributed by atoms with Crippen molar-refractivity contribution in [2.75, 3.05) is 31.5 Å². The maximum absolute atomic E-state index is 5.15. The van der Waals surface area contributed by atoms with Crippen molar-refractivity contribution < 1.29 is 0 Å². The summed E-state index contributed by atoms with van der Waals surface area (Å²) >= 11 is 3.71. The van der Waals surface area contributed by atoms with Crippen LogP contribution in [0.5, 0.6) is 0 Å². The van der Waals surface area contributed by atoms with Crippen LogP contribution < -0.4 is 5.32 Å². The van der Waals surface area contributed by atoms with Crippen LogP contribution in [0.2, 0.25) is 0 Å². The summed E-state index contributed by atoms with van der Waals surface area (Å²) in [6, 6.07) is 8.39. The number of aromatic nitrogens is 2. The second-order valence-corrected chi connectivity index (χ2v) is 8.05. The number of hydrogen-bond donors (Lipinski definition) is 1. The van der Waals surface area contributed by atoms with Gasteiger partial charge in [0.15, 0.2) is 0 Å². The van der Waals surface area contributed by atoms with E-state index in [9.17, 15) is 0 Å². The highest BCUT2D eigenvalue weighted by Gasteiger charge is 2.29. The number of rotatable bonds is 3.